The lowest BCUT2D eigenvalue weighted by Crippen LogP contribution is -2.38. The summed E-state index contributed by atoms with van der Waals surface area (Å²) in [6.45, 7) is 0. The summed E-state index contributed by atoms with van der Waals surface area (Å²) in [6, 6.07) is 6.89. The first-order chi connectivity index (χ1) is 7.22. The molecule has 0 fully saturated rings. The second-order valence-electron chi connectivity index (χ2n) is 3.41. The maximum Gasteiger partial charge on any atom is 0.407 e. The Morgan fingerprint density at radius 3 is 2.87 bits per heavy atom. The average Bonchev–Trinajstić information content (AvgIpc) is 2.57. The van der Waals surface area contributed by atoms with Gasteiger partial charge in [0.25, 0.3) is 0 Å². The minimum Gasteiger partial charge on any atom is -0.453 e. The van der Waals surface area contributed by atoms with E-state index in [1.54, 1.807) is 6.07 Å². The van der Waals surface area contributed by atoms with E-state index in [9.17, 15) is 9.59 Å². The molecule has 1 aromatic rings. The van der Waals surface area contributed by atoms with Crippen LogP contribution in [0.3, 0.4) is 0 Å². The number of ether oxygens (including phenoxy) is 1. The van der Waals surface area contributed by atoms with Gasteiger partial charge in [-0.1, -0.05) is 24.3 Å². The van der Waals surface area contributed by atoms with Crippen molar-refractivity contribution >= 4 is 11.9 Å². The van der Waals surface area contributed by atoms with Crippen molar-refractivity contribution < 1.29 is 14.3 Å². The Labute approximate surface area is 87.2 Å². The van der Waals surface area contributed by atoms with Gasteiger partial charge in [0.1, 0.15) is 0 Å². The first kappa shape index (κ1) is 9.71. The highest BCUT2D eigenvalue weighted by atomic mass is 16.5. The van der Waals surface area contributed by atoms with Crippen molar-refractivity contribution in [1.82, 2.24) is 5.32 Å². The van der Waals surface area contributed by atoms with Gasteiger partial charge in [0.15, 0.2) is 5.78 Å². The molecule has 0 heterocycles. The van der Waals surface area contributed by atoms with Crippen molar-refractivity contribution in [2.45, 2.75) is 12.5 Å². The molecule has 2 rings (SSSR count). The molecule has 1 aliphatic carbocycles. The lowest BCUT2D eigenvalue weighted by molar-refractivity contribution is 0.0947. The predicted molar refractivity (Wildman–Crippen MR) is 53.8 cm³/mol. The maximum atomic E-state index is 11.8. The smallest absolute Gasteiger partial charge is 0.407 e. The first-order valence-electron chi connectivity index (χ1n) is 4.69. The summed E-state index contributed by atoms with van der Waals surface area (Å²) in [4.78, 5) is 22.8. The third-order valence-corrected chi connectivity index (χ3v) is 2.50. The highest BCUT2D eigenvalue weighted by molar-refractivity contribution is 6.05. The van der Waals surface area contributed by atoms with Crippen LogP contribution in [-0.2, 0) is 11.2 Å². The molecule has 0 aromatic heterocycles. The molecule has 78 valence electrons. The van der Waals surface area contributed by atoms with E-state index in [1.165, 1.54) is 7.11 Å². The van der Waals surface area contributed by atoms with Crippen LogP contribution in [0.2, 0.25) is 0 Å². The Kier molecular flexibility index (Phi) is 2.41. The molecule has 0 aliphatic heterocycles. The van der Waals surface area contributed by atoms with Gasteiger partial charge in [-0.2, -0.15) is 0 Å². The molecule has 4 nitrogen and oxygen atoms in total. The normalized spacial score (nSPS) is 18.5. The molecule has 1 amide bonds. The van der Waals surface area contributed by atoms with E-state index in [-0.39, 0.29) is 5.78 Å². The highest BCUT2D eigenvalue weighted by Crippen LogP contribution is 2.21. The van der Waals surface area contributed by atoms with Crippen LogP contribution >= 0.6 is 0 Å². The lowest BCUT2D eigenvalue weighted by Gasteiger charge is -2.08. The number of alkyl carbamates (subject to hydrolysis) is 1. The van der Waals surface area contributed by atoms with Crippen LogP contribution in [0.15, 0.2) is 24.3 Å². The van der Waals surface area contributed by atoms with Crippen molar-refractivity contribution in [2.75, 3.05) is 7.11 Å². The average molecular weight is 205 g/mol. The van der Waals surface area contributed by atoms with Crippen LogP contribution in [0.25, 0.3) is 0 Å². The number of carbonyl (C=O) groups is 2. The molecule has 1 aromatic carbocycles. The zero-order chi connectivity index (χ0) is 10.8. The standard InChI is InChI=1S/C11H11NO3/c1-15-11(14)12-9-6-7-4-2-3-5-8(7)10(9)13/h2-5,9H,6H2,1H3,(H,12,14)/t9-/m1/s1. The fourth-order valence-electron chi connectivity index (χ4n) is 1.76. The Morgan fingerprint density at radius 2 is 2.20 bits per heavy atom. The van der Waals surface area contributed by atoms with E-state index >= 15 is 0 Å². The third kappa shape index (κ3) is 1.70. The van der Waals surface area contributed by atoms with Crippen molar-refractivity contribution in [3.8, 4) is 0 Å². The summed E-state index contributed by atoms with van der Waals surface area (Å²) in [7, 11) is 1.28. The van der Waals surface area contributed by atoms with Crippen LogP contribution in [-0.4, -0.2) is 25.0 Å². The molecule has 4 heteroatoms. The summed E-state index contributed by atoms with van der Waals surface area (Å²) in [5.74, 6) is -0.0454. The Bertz CT molecular complexity index is 414. The monoisotopic (exact) mass is 205 g/mol. The number of Topliss-reactive ketones (excluding diaryl/α,β-unsaturated/α-hetero) is 1. The molecule has 1 aliphatic rings. The number of ketones is 1. The van der Waals surface area contributed by atoms with Crippen LogP contribution in [0, 0.1) is 0 Å². The lowest BCUT2D eigenvalue weighted by atomic mass is 10.1. The third-order valence-electron chi connectivity index (χ3n) is 2.50. The number of hydrogen-bond donors (Lipinski definition) is 1. The molecule has 0 bridgehead atoms. The summed E-state index contributed by atoms with van der Waals surface area (Å²) >= 11 is 0. The van der Waals surface area contributed by atoms with Gasteiger partial charge >= 0.3 is 6.09 Å². The molecule has 0 saturated heterocycles. The molecular formula is C11H11NO3. The van der Waals surface area contributed by atoms with Gasteiger partial charge in [0, 0.05) is 12.0 Å². The molecule has 1 atom stereocenters. The number of carbonyl (C=O) groups excluding carboxylic acids is 2. The van der Waals surface area contributed by atoms with E-state index in [1.807, 2.05) is 18.2 Å². The quantitative estimate of drug-likeness (QED) is 0.748. The van der Waals surface area contributed by atoms with Crippen molar-refractivity contribution in [3.63, 3.8) is 0 Å². The first-order valence-corrected chi connectivity index (χ1v) is 4.69. The van der Waals surface area contributed by atoms with Gasteiger partial charge in [-0.3, -0.25) is 4.79 Å². The summed E-state index contributed by atoms with van der Waals surface area (Å²) in [5.41, 5.74) is 1.67. The van der Waals surface area contributed by atoms with E-state index in [2.05, 4.69) is 10.1 Å². The molecule has 0 spiro atoms. The van der Waals surface area contributed by atoms with Crippen LogP contribution in [0.4, 0.5) is 4.79 Å². The van der Waals surface area contributed by atoms with Gasteiger partial charge in [0.05, 0.1) is 13.2 Å². The minimum atomic E-state index is -0.568. The van der Waals surface area contributed by atoms with Crippen molar-refractivity contribution in [2.24, 2.45) is 0 Å². The number of hydrogen-bond acceptors (Lipinski definition) is 3. The second-order valence-corrected chi connectivity index (χ2v) is 3.41. The topological polar surface area (TPSA) is 55.4 Å². The fourth-order valence-corrected chi connectivity index (χ4v) is 1.76. The summed E-state index contributed by atoms with van der Waals surface area (Å²) in [6.07, 6.45) is -0.0226. The van der Waals surface area contributed by atoms with Crippen LogP contribution in [0.1, 0.15) is 15.9 Å². The van der Waals surface area contributed by atoms with E-state index in [0.717, 1.165) is 5.56 Å². The fraction of sp³-hybridized carbons (Fsp3) is 0.273. The molecule has 0 radical (unpaired) electrons. The Balaban J connectivity index is 2.17. The van der Waals surface area contributed by atoms with Crippen molar-refractivity contribution in [1.29, 1.82) is 0 Å². The van der Waals surface area contributed by atoms with E-state index in [4.69, 9.17) is 0 Å². The van der Waals surface area contributed by atoms with E-state index in [0.29, 0.717) is 12.0 Å². The summed E-state index contributed by atoms with van der Waals surface area (Å²) < 4.78 is 4.46. The predicted octanol–water partition coefficient (Wildman–Crippen LogP) is 1.15. The molecule has 0 unspecified atom stereocenters. The number of nitrogens with one attached hydrogen (secondary N) is 1. The van der Waals surface area contributed by atoms with Crippen LogP contribution in [0.5, 0.6) is 0 Å². The van der Waals surface area contributed by atoms with Gasteiger partial charge in [-0.15, -0.1) is 0 Å². The number of benzene rings is 1. The highest BCUT2D eigenvalue weighted by Gasteiger charge is 2.31. The number of rotatable bonds is 1. The largest absolute Gasteiger partial charge is 0.453 e. The minimum absolute atomic E-state index is 0.0454. The summed E-state index contributed by atoms with van der Waals surface area (Å²) in [5, 5.41) is 2.51. The second kappa shape index (κ2) is 3.73. The van der Waals surface area contributed by atoms with Gasteiger partial charge in [0.2, 0.25) is 0 Å². The molecule has 0 saturated carbocycles. The van der Waals surface area contributed by atoms with E-state index < -0.39 is 12.1 Å². The van der Waals surface area contributed by atoms with Gasteiger partial charge < -0.3 is 10.1 Å². The van der Waals surface area contributed by atoms with Crippen molar-refractivity contribution in [3.05, 3.63) is 35.4 Å². The zero-order valence-electron chi connectivity index (χ0n) is 8.32. The van der Waals surface area contributed by atoms with Crippen LogP contribution < -0.4 is 5.32 Å². The van der Waals surface area contributed by atoms with Gasteiger partial charge in [-0.25, -0.2) is 4.79 Å². The number of fused-ring (bicyclic) bond motifs is 1. The Hall–Kier alpha value is -1.84. The maximum absolute atomic E-state index is 11.8. The molecule has 15 heavy (non-hydrogen) atoms. The van der Waals surface area contributed by atoms with Gasteiger partial charge in [-0.05, 0) is 5.56 Å². The zero-order valence-corrected chi connectivity index (χ0v) is 8.32. The molecule has 1 N–H and O–H groups in total. The SMILES string of the molecule is COC(=O)N[C@@H]1Cc2ccccc2C1=O. The Morgan fingerprint density at radius 1 is 1.47 bits per heavy atom. The molecular weight excluding hydrogens is 194 g/mol. The number of amides is 1. The number of methoxy groups -OCH3 is 1.